The molecule has 2 aliphatic rings. The Bertz CT molecular complexity index is 2770. The smallest absolute Gasteiger partial charge is 0.259 e. The van der Waals surface area contributed by atoms with Gasteiger partial charge in [-0.2, -0.15) is 5.10 Å². The highest BCUT2D eigenvalue weighted by Gasteiger charge is 2.27. The number of aromatic nitrogens is 4. The van der Waals surface area contributed by atoms with Gasteiger partial charge in [-0.25, -0.2) is 23.5 Å². The van der Waals surface area contributed by atoms with E-state index in [1.807, 2.05) is 91.0 Å². The van der Waals surface area contributed by atoms with Crippen molar-refractivity contribution < 1.29 is 18.0 Å². The van der Waals surface area contributed by atoms with Gasteiger partial charge in [-0.15, -0.1) is 0 Å². The minimum Gasteiger partial charge on any atom is -0.361 e. The Morgan fingerprint density at radius 2 is 1.09 bits per heavy atom. The van der Waals surface area contributed by atoms with E-state index < -0.39 is 10.0 Å². The Labute approximate surface area is 315 Å². The number of pyridine rings is 2. The predicted molar refractivity (Wildman–Crippen MR) is 214 cm³/mol. The van der Waals surface area contributed by atoms with E-state index >= 15 is 0 Å². The molecule has 3 aromatic heterocycles. The molecule has 14 heteroatoms. The first-order valence-corrected chi connectivity index (χ1v) is 18.5. The van der Waals surface area contributed by atoms with Crippen molar-refractivity contribution in [3.05, 3.63) is 157 Å². The molecule has 0 spiro atoms. The number of fused-ring (bicyclic) bond motifs is 3. The molecule has 0 saturated carbocycles. The third-order valence-corrected chi connectivity index (χ3v) is 9.84. The number of anilines is 4. The summed E-state index contributed by atoms with van der Waals surface area (Å²) in [7, 11) is -3.75. The molecule has 9 rings (SSSR count). The Hall–Kier alpha value is -7.42. The van der Waals surface area contributed by atoms with Crippen LogP contribution in [0.15, 0.2) is 151 Å². The lowest BCUT2D eigenvalue weighted by molar-refractivity contribution is -0.111. The van der Waals surface area contributed by atoms with E-state index in [0.29, 0.717) is 34.0 Å². The van der Waals surface area contributed by atoms with Crippen molar-refractivity contribution in [3.8, 4) is 22.3 Å². The van der Waals surface area contributed by atoms with Crippen LogP contribution in [0, 0.1) is 0 Å². The van der Waals surface area contributed by atoms with Crippen LogP contribution in [0.25, 0.3) is 44.3 Å². The van der Waals surface area contributed by atoms with Crippen molar-refractivity contribution in [1.29, 1.82) is 0 Å². The zero-order chi connectivity index (χ0) is 37.9. The summed E-state index contributed by atoms with van der Waals surface area (Å²) in [5, 5.41) is 24.8. The minimum atomic E-state index is -3.75. The van der Waals surface area contributed by atoms with Gasteiger partial charge in [0.2, 0.25) is 10.0 Å². The van der Waals surface area contributed by atoms with Crippen LogP contribution in [0.5, 0.6) is 0 Å². The molecule has 7 N–H and O–H groups in total. The molecule has 0 aliphatic carbocycles. The fourth-order valence-electron chi connectivity index (χ4n) is 6.08. The number of hydrogen-bond acceptors (Lipinski definition) is 9. The van der Waals surface area contributed by atoms with Gasteiger partial charge in [-0.05, 0) is 65.7 Å². The zero-order valence-corrected chi connectivity index (χ0v) is 29.6. The third kappa shape index (κ3) is 7.44. The number of aromatic amines is 1. The van der Waals surface area contributed by atoms with E-state index in [4.69, 9.17) is 5.14 Å². The average molecular weight is 746 g/mol. The number of benzene rings is 4. The summed E-state index contributed by atoms with van der Waals surface area (Å²) >= 11 is 0. The largest absolute Gasteiger partial charge is 0.361 e. The highest BCUT2D eigenvalue weighted by molar-refractivity contribution is 7.89. The van der Waals surface area contributed by atoms with E-state index in [0.717, 1.165) is 44.4 Å². The van der Waals surface area contributed by atoms with Crippen molar-refractivity contribution in [2.75, 3.05) is 21.3 Å². The minimum absolute atomic E-state index is 0.0198. The Morgan fingerprint density at radius 1 is 0.582 bits per heavy atom. The lowest BCUT2D eigenvalue weighted by atomic mass is 10.0. The number of nitrogens with one attached hydrogen (secondary N) is 5. The second-order valence-electron chi connectivity index (χ2n) is 12.5. The molecule has 2 aliphatic heterocycles. The molecule has 0 fully saturated rings. The quantitative estimate of drug-likeness (QED) is 0.0948. The van der Waals surface area contributed by atoms with E-state index in [1.165, 1.54) is 12.1 Å². The number of nitrogens with two attached hydrogens (primary N) is 1. The van der Waals surface area contributed by atoms with Crippen molar-refractivity contribution >= 4 is 66.9 Å². The summed E-state index contributed by atoms with van der Waals surface area (Å²) in [5.41, 5.74) is 8.83. The highest BCUT2D eigenvalue weighted by Crippen LogP contribution is 2.35. The number of hydrogen-bond donors (Lipinski definition) is 6. The zero-order valence-electron chi connectivity index (χ0n) is 28.8. The first kappa shape index (κ1) is 34.7. The number of primary sulfonamides is 1. The molecule has 0 radical (unpaired) electrons. The number of nitrogens with zero attached hydrogens (tertiary/aromatic N) is 3. The summed E-state index contributed by atoms with van der Waals surface area (Å²) in [5.74, 6) is 0.651. The predicted octanol–water partition coefficient (Wildman–Crippen LogP) is 6.83. The van der Waals surface area contributed by atoms with Crippen LogP contribution in [0.3, 0.4) is 0 Å². The normalized spacial score (nSPS) is 14.5. The lowest BCUT2D eigenvalue weighted by Crippen LogP contribution is -2.11. The van der Waals surface area contributed by atoms with Gasteiger partial charge < -0.3 is 21.3 Å². The first-order valence-electron chi connectivity index (χ1n) is 16.9. The summed E-state index contributed by atoms with van der Waals surface area (Å²) in [6, 6.07) is 35.4. The molecule has 4 aromatic carbocycles. The van der Waals surface area contributed by atoms with Gasteiger partial charge >= 0.3 is 0 Å². The van der Waals surface area contributed by atoms with Crippen LogP contribution >= 0.6 is 0 Å². The van der Waals surface area contributed by atoms with Crippen LogP contribution in [0.2, 0.25) is 0 Å². The molecule has 7 aromatic rings. The number of H-pyrrole nitrogens is 1. The SMILES string of the molecule is NS(=O)(=O)c1ccc(NC=C2C(=O)Nc3ncc(-c4ccccc4)cc32)cc1.O=C1Nc2ncc(-c3ccccc3)cc2C1=CNc1ccc2cn[nH]c2c1. The van der Waals surface area contributed by atoms with Gasteiger partial charge in [0, 0.05) is 63.8 Å². The number of rotatable bonds is 7. The highest BCUT2D eigenvalue weighted by atomic mass is 32.2. The molecule has 55 heavy (non-hydrogen) atoms. The topological polar surface area (TPSA) is 197 Å². The van der Waals surface area contributed by atoms with Crippen molar-refractivity contribution in [3.63, 3.8) is 0 Å². The van der Waals surface area contributed by atoms with E-state index in [2.05, 4.69) is 41.4 Å². The maximum absolute atomic E-state index is 12.4. The van der Waals surface area contributed by atoms with Crippen molar-refractivity contribution in [2.24, 2.45) is 5.14 Å². The van der Waals surface area contributed by atoms with Gasteiger partial charge in [0.05, 0.1) is 27.8 Å². The standard InChI is InChI=1S/C21H15N5O.C20H16N4O3S/c27-21-18(12-22-16-7-6-14-11-24-26-19(14)9-16)17-8-15(10-23-20(17)25-21)13-4-2-1-3-5-13;21-28(26,27)16-8-6-15(7-9-16)22-12-18-17-10-14(13-4-2-1-3-5-13)11-23-19(17)24-20(18)25/h1-12,22H,(H,24,26)(H,23,25,27);1-12,22H,(H2,21,26,27)(H,23,24,25). The fraction of sp³-hybridized carbons (Fsp3) is 0. The number of sulfonamides is 1. The summed E-state index contributed by atoms with van der Waals surface area (Å²) in [6.45, 7) is 0. The van der Waals surface area contributed by atoms with Crippen LogP contribution in [0.1, 0.15) is 11.1 Å². The van der Waals surface area contributed by atoms with E-state index in [1.54, 1.807) is 43.1 Å². The van der Waals surface area contributed by atoms with Crippen LogP contribution in [0.4, 0.5) is 23.0 Å². The molecular weight excluding hydrogens is 715 g/mol. The second kappa shape index (κ2) is 14.5. The molecule has 5 heterocycles. The maximum atomic E-state index is 12.4. The van der Waals surface area contributed by atoms with Crippen LogP contribution in [-0.2, 0) is 19.6 Å². The fourth-order valence-corrected chi connectivity index (χ4v) is 6.59. The van der Waals surface area contributed by atoms with Gasteiger partial charge in [-0.1, -0.05) is 60.7 Å². The van der Waals surface area contributed by atoms with Gasteiger partial charge in [0.1, 0.15) is 11.6 Å². The summed E-state index contributed by atoms with van der Waals surface area (Å²) in [4.78, 5) is 33.5. The number of carbonyl (C=O) groups is 2. The Kier molecular flexibility index (Phi) is 9.16. The van der Waals surface area contributed by atoms with E-state index in [-0.39, 0.29) is 16.7 Å². The molecule has 13 nitrogen and oxygen atoms in total. The number of carbonyl (C=O) groups excluding carboxylic acids is 2. The van der Waals surface area contributed by atoms with Gasteiger partial charge in [0.25, 0.3) is 11.8 Å². The average Bonchev–Trinajstić information content (AvgIpc) is 3.90. The molecule has 270 valence electrons. The Balaban J connectivity index is 0.000000155. The van der Waals surface area contributed by atoms with Crippen LogP contribution in [-0.4, -0.2) is 40.4 Å². The summed E-state index contributed by atoms with van der Waals surface area (Å²) < 4.78 is 22.7. The molecule has 0 bridgehead atoms. The molecule has 0 atom stereocenters. The maximum Gasteiger partial charge on any atom is 0.259 e. The van der Waals surface area contributed by atoms with E-state index in [9.17, 15) is 18.0 Å². The van der Waals surface area contributed by atoms with Crippen molar-refractivity contribution in [1.82, 2.24) is 20.2 Å². The Morgan fingerprint density at radius 3 is 1.62 bits per heavy atom. The first-order chi connectivity index (χ1) is 26.7. The second-order valence-corrected chi connectivity index (χ2v) is 14.1. The molecule has 2 amide bonds. The van der Waals surface area contributed by atoms with Crippen LogP contribution < -0.4 is 26.4 Å². The number of amides is 2. The van der Waals surface area contributed by atoms with Crippen molar-refractivity contribution in [2.45, 2.75) is 4.90 Å². The lowest BCUT2D eigenvalue weighted by Gasteiger charge is -2.05. The van der Waals surface area contributed by atoms with Gasteiger partial charge in [-0.3, -0.25) is 14.7 Å². The molecule has 0 saturated heterocycles. The summed E-state index contributed by atoms with van der Waals surface area (Å²) in [6.07, 6.45) is 8.56. The monoisotopic (exact) mass is 745 g/mol. The molecular formula is C41H31N9O4S. The third-order valence-electron chi connectivity index (χ3n) is 8.91. The van der Waals surface area contributed by atoms with Gasteiger partial charge in [0.15, 0.2) is 0 Å². The molecule has 0 unspecified atom stereocenters.